The highest BCUT2D eigenvalue weighted by Crippen LogP contribution is 2.24. The van der Waals surface area contributed by atoms with E-state index >= 15 is 0 Å². The molecule has 6 nitrogen and oxygen atoms in total. The van der Waals surface area contributed by atoms with Crippen LogP contribution in [0, 0.1) is 11.8 Å². The SMILES string of the molecule is CC(C)C1CCN(C(=O)c2cn(CCN)nn2)C1. The number of carbonyl (C=O) groups excluding carboxylic acids is 1. The first-order valence-electron chi connectivity index (χ1n) is 6.51. The molecular formula is C12H21N5O. The van der Waals surface area contributed by atoms with Crippen LogP contribution >= 0.6 is 0 Å². The number of amides is 1. The van der Waals surface area contributed by atoms with Gasteiger partial charge in [0.15, 0.2) is 5.69 Å². The quantitative estimate of drug-likeness (QED) is 0.838. The van der Waals surface area contributed by atoms with Gasteiger partial charge in [0.05, 0.1) is 12.7 Å². The van der Waals surface area contributed by atoms with Gasteiger partial charge in [-0.1, -0.05) is 19.1 Å². The Morgan fingerprint density at radius 2 is 2.39 bits per heavy atom. The summed E-state index contributed by atoms with van der Waals surface area (Å²) in [6, 6.07) is 0. The molecule has 1 aromatic rings. The Morgan fingerprint density at radius 1 is 1.61 bits per heavy atom. The van der Waals surface area contributed by atoms with Gasteiger partial charge in [0.25, 0.3) is 5.91 Å². The van der Waals surface area contributed by atoms with E-state index in [1.54, 1.807) is 10.9 Å². The number of nitrogens with two attached hydrogens (primary N) is 1. The average Bonchev–Trinajstić information content (AvgIpc) is 2.97. The van der Waals surface area contributed by atoms with Crippen LogP contribution in [0.2, 0.25) is 0 Å². The van der Waals surface area contributed by atoms with Crippen LogP contribution in [0.25, 0.3) is 0 Å². The summed E-state index contributed by atoms with van der Waals surface area (Å²) in [6.07, 6.45) is 2.76. The molecule has 1 aromatic heterocycles. The lowest BCUT2D eigenvalue weighted by atomic mass is 9.95. The van der Waals surface area contributed by atoms with E-state index < -0.39 is 0 Å². The summed E-state index contributed by atoms with van der Waals surface area (Å²) in [6.45, 7) is 7.16. The van der Waals surface area contributed by atoms with Crippen LogP contribution in [0.3, 0.4) is 0 Å². The lowest BCUT2D eigenvalue weighted by molar-refractivity contribution is 0.0778. The molecule has 1 amide bonds. The van der Waals surface area contributed by atoms with Crippen molar-refractivity contribution in [1.82, 2.24) is 19.9 Å². The highest BCUT2D eigenvalue weighted by Gasteiger charge is 2.29. The summed E-state index contributed by atoms with van der Waals surface area (Å²) in [5, 5.41) is 7.81. The van der Waals surface area contributed by atoms with Gasteiger partial charge in [0.1, 0.15) is 0 Å². The van der Waals surface area contributed by atoms with Gasteiger partial charge in [0, 0.05) is 19.6 Å². The molecule has 2 heterocycles. The van der Waals surface area contributed by atoms with Crippen molar-refractivity contribution >= 4 is 5.91 Å². The third-order valence-corrected chi connectivity index (χ3v) is 3.57. The average molecular weight is 251 g/mol. The van der Waals surface area contributed by atoms with Gasteiger partial charge in [0.2, 0.25) is 0 Å². The molecule has 0 bridgehead atoms. The fourth-order valence-corrected chi connectivity index (χ4v) is 2.32. The summed E-state index contributed by atoms with van der Waals surface area (Å²) in [4.78, 5) is 14.1. The van der Waals surface area contributed by atoms with Gasteiger partial charge in [-0.05, 0) is 18.3 Å². The molecule has 1 fully saturated rings. The minimum absolute atomic E-state index is 0.0126. The van der Waals surface area contributed by atoms with Gasteiger partial charge in [-0.25, -0.2) is 0 Å². The fraction of sp³-hybridized carbons (Fsp3) is 0.750. The summed E-state index contributed by atoms with van der Waals surface area (Å²) < 4.78 is 1.61. The smallest absolute Gasteiger partial charge is 0.276 e. The molecule has 1 atom stereocenters. The molecule has 18 heavy (non-hydrogen) atoms. The van der Waals surface area contributed by atoms with Crippen LogP contribution in [0.15, 0.2) is 6.20 Å². The Morgan fingerprint density at radius 3 is 3.00 bits per heavy atom. The summed E-state index contributed by atoms with van der Waals surface area (Å²) in [7, 11) is 0. The summed E-state index contributed by atoms with van der Waals surface area (Å²) >= 11 is 0. The molecule has 0 aliphatic carbocycles. The number of hydrogen-bond donors (Lipinski definition) is 1. The van der Waals surface area contributed by atoms with Crippen molar-refractivity contribution in [1.29, 1.82) is 0 Å². The third kappa shape index (κ3) is 2.69. The maximum Gasteiger partial charge on any atom is 0.276 e. The molecule has 1 unspecified atom stereocenters. The molecule has 100 valence electrons. The van der Waals surface area contributed by atoms with Crippen LogP contribution in [0.1, 0.15) is 30.8 Å². The summed E-state index contributed by atoms with van der Waals surface area (Å²) in [5.74, 6) is 1.21. The van der Waals surface area contributed by atoms with Gasteiger partial charge >= 0.3 is 0 Å². The van der Waals surface area contributed by atoms with E-state index in [4.69, 9.17) is 5.73 Å². The summed E-state index contributed by atoms with van der Waals surface area (Å²) in [5.41, 5.74) is 5.86. The monoisotopic (exact) mass is 251 g/mol. The van der Waals surface area contributed by atoms with E-state index in [1.165, 1.54) is 0 Å². The van der Waals surface area contributed by atoms with Crippen molar-refractivity contribution in [2.75, 3.05) is 19.6 Å². The second kappa shape index (κ2) is 5.48. The van der Waals surface area contributed by atoms with Gasteiger partial charge < -0.3 is 10.6 Å². The second-order valence-corrected chi connectivity index (χ2v) is 5.20. The Kier molecular flexibility index (Phi) is 3.96. The van der Waals surface area contributed by atoms with Crippen molar-refractivity contribution in [3.8, 4) is 0 Å². The predicted octanol–water partition coefficient (Wildman–Crippen LogP) is 0.355. The standard InChI is InChI=1S/C12H21N5O/c1-9(2)10-3-5-16(7-10)12(18)11-8-17(6-4-13)15-14-11/h8-10H,3-7,13H2,1-2H3. The molecule has 0 spiro atoms. The molecule has 2 rings (SSSR count). The van der Waals surface area contributed by atoms with Crippen molar-refractivity contribution in [2.24, 2.45) is 17.6 Å². The highest BCUT2D eigenvalue weighted by molar-refractivity contribution is 5.92. The fourth-order valence-electron chi connectivity index (χ4n) is 2.32. The van der Waals surface area contributed by atoms with E-state index in [1.807, 2.05) is 4.90 Å². The van der Waals surface area contributed by atoms with E-state index in [-0.39, 0.29) is 5.91 Å². The first-order chi connectivity index (χ1) is 8.61. The lowest BCUT2D eigenvalue weighted by Crippen LogP contribution is -2.29. The van der Waals surface area contributed by atoms with Crippen molar-refractivity contribution in [2.45, 2.75) is 26.8 Å². The van der Waals surface area contributed by atoms with E-state index in [9.17, 15) is 4.79 Å². The minimum Gasteiger partial charge on any atom is -0.337 e. The third-order valence-electron chi connectivity index (χ3n) is 3.57. The van der Waals surface area contributed by atoms with E-state index in [0.717, 1.165) is 19.5 Å². The maximum atomic E-state index is 12.2. The first kappa shape index (κ1) is 13.0. The molecule has 1 saturated heterocycles. The normalized spacial score (nSPS) is 19.8. The molecule has 1 aliphatic heterocycles. The molecule has 1 aliphatic rings. The van der Waals surface area contributed by atoms with Crippen LogP contribution in [0.5, 0.6) is 0 Å². The second-order valence-electron chi connectivity index (χ2n) is 5.20. The molecule has 0 saturated carbocycles. The molecule has 0 radical (unpaired) electrons. The number of carbonyl (C=O) groups is 1. The van der Waals surface area contributed by atoms with Crippen LogP contribution in [0.4, 0.5) is 0 Å². The number of aromatic nitrogens is 3. The lowest BCUT2D eigenvalue weighted by Gasteiger charge is -2.16. The Balaban J connectivity index is 1.99. The molecule has 6 heteroatoms. The maximum absolute atomic E-state index is 12.2. The van der Waals surface area contributed by atoms with Gasteiger partial charge in [-0.2, -0.15) is 0 Å². The number of rotatable bonds is 4. The van der Waals surface area contributed by atoms with Crippen LogP contribution in [-0.4, -0.2) is 45.4 Å². The molecular weight excluding hydrogens is 230 g/mol. The molecule has 0 aromatic carbocycles. The van der Waals surface area contributed by atoms with E-state index in [2.05, 4.69) is 24.2 Å². The molecule has 2 N–H and O–H groups in total. The predicted molar refractivity (Wildman–Crippen MR) is 67.9 cm³/mol. The van der Waals surface area contributed by atoms with Crippen LogP contribution in [-0.2, 0) is 6.54 Å². The van der Waals surface area contributed by atoms with E-state index in [0.29, 0.717) is 30.6 Å². The van der Waals surface area contributed by atoms with Crippen molar-refractivity contribution < 1.29 is 4.79 Å². The Bertz CT molecular complexity index is 414. The number of nitrogens with zero attached hydrogens (tertiary/aromatic N) is 4. The largest absolute Gasteiger partial charge is 0.337 e. The Labute approximate surface area is 107 Å². The minimum atomic E-state index is -0.0126. The van der Waals surface area contributed by atoms with Gasteiger partial charge in [-0.3, -0.25) is 9.48 Å². The number of hydrogen-bond acceptors (Lipinski definition) is 4. The van der Waals surface area contributed by atoms with Gasteiger partial charge in [-0.15, -0.1) is 5.10 Å². The zero-order chi connectivity index (χ0) is 13.1. The van der Waals surface area contributed by atoms with Crippen LogP contribution < -0.4 is 5.73 Å². The topological polar surface area (TPSA) is 77.0 Å². The zero-order valence-electron chi connectivity index (χ0n) is 11.0. The number of likely N-dealkylation sites (tertiary alicyclic amines) is 1. The Hall–Kier alpha value is -1.43. The van der Waals surface area contributed by atoms with Crippen molar-refractivity contribution in [3.63, 3.8) is 0 Å². The zero-order valence-corrected chi connectivity index (χ0v) is 11.0. The van der Waals surface area contributed by atoms with Crippen molar-refractivity contribution in [3.05, 3.63) is 11.9 Å². The first-order valence-corrected chi connectivity index (χ1v) is 6.51. The highest BCUT2D eigenvalue weighted by atomic mass is 16.2.